The van der Waals surface area contributed by atoms with Crippen molar-refractivity contribution in [2.45, 2.75) is 45.6 Å². The van der Waals surface area contributed by atoms with E-state index in [2.05, 4.69) is 24.1 Å². The Bertz CT molecular complexity index is 472. The highest BCUT2D eigenvalue weighted by Gasteiger charge is 2.29. The van der Waals surface area contributed by atoms with Crippen molar-refractivity contribution in [3.63, 3.8) is 0 Å². The van der Waals surface area contributed by atoms with E-state index in [0.29, 0.717) is 6.04 Å². The van der Waals surface area contributed by atoms with Gasteiger partial charge < -0.3 is 10.2 Å². The summed E-state index contributed by atoms with van der Waals surface area (Å²) in [7, 11) is 0. The van der Waals surface area contributed by atoms with Gasteiger partial charge >= 0.3 is 0 Å². The lowest BCUT2D eigenvalue weighted by molar-refractivity contribution is -0.384. The second-order valence-electron chi connectivity index (χ2n) is 5.35. The van der Waals surface area contributed by atoms with Crippen molar-refractivity contribution in [3.8, 4) is 0 Å². The van der Waals surface area contributed by atoms with E-state index in [0.717, 1.165) is 37.3 Å². The predicted molar refractivity (Wildman–Crippen MR) is 82.5 cm³/mol. The Kier molecular flexibility index (Phi) is 4.82. The van der Waals surface area contributed by atoms with Crippen molar-refractivity contribution in [2.75, 3.05) is 23.3 Å². The van der Waals surface area contributed by atoms with Crippen LogP contribution < -0.4 is 10.2 Å². The molecular weight excluding hydrogens is 254 g/mol. The second-order valence-corrected chi connectivity index (χ2v) is 5.35. The van der Waals surface area contributed by atoms with Crippen LogP contribution in [0.25, 0.3) is 0 Å². The van der Waals surface area contributed by atoms with Gasteiger partial charge in [-0.1, -0.05) is 13.8 Å². The summed E-state index contributed by atoms with van der Waals surface area (Å²) in [5.41, 5.74) is 1.99. The molecule has 0 aromatic heterocycles. The van der Waals surface area contributed by atoms with Gasteiger partial charge in [0, 0.05) is 42.6 Å². The molecule has 0 unspecified atom stereocenters. The van der Waals surface area contributed by atoms with Gasteiger partial charge in [0.25, 0.3) is 5.69 Å². The molecule has 5 nitrogen and oxygen atoms in total. The third-order valence-corrected chi connectivity index (χ3v) is 3.48. The number of hydrogen-bond acceptors (Lipinski definition) is 4. The molecule has 1 saturated carbocycles. The number of nitrogens with one attached hydrogen (secondary N) is 1. The summed E-state index contributed by atoms with van der Waals surface area (Å²) in [6.07, 6.45) is 4.44. The molecule has 0 spiro atoms. The number of nitro benzene ring substituents is 1. The Balaban J connectivity index is 2.29. The zero-order chi connectivity index (χ0) is 14.5. The van der Waals surface area contributed by atoms with E-state index < -0.39 is 0 Å². The van der Waals surface area contributed by atoms with Crippen LogP contribution in [0, 0.1) is 10.1 Å². The molecule has 1 aromatic carbocycles. The maximum atomic E-state index is 11.1. The Labute approximate surface area is 120 Å². The molecule has 1 aliphatic rings. The molecule has 1 N–H and O–H groups in total. The van der Waals surface area contributed by atoms with Gasteiger partial charge in [-0.3, -0.25) is 10.1 Å². The largest absolute Gasteiger partial charge is 0.385 e. The lowest BCUT2D eigenvalue weighted by Gasteiger charge is -2.24. The van der Waals surface area contributed by atoms with E-state index in [1.54, 1.807) is 12.1 Å². The Morgan fingerprint density at radius 2 is 2.05 bits per heavy atom. The molecule has 20 heavy (non-hydrogen) atoms. The van der Waals surface area contributed by atoms with Gasteiger partial charge in [0.2, 0.25) is 0 Å². The van der Waals surface area contributed by atoms with E-state index in [4.69, 9.17) is 0 Å². The van der Waals surface area contributed by atoms with Crippen molar-refractivity contribution in [1.29, 1.82) is 0 Å². The van der Waals surface area contributed by atoms with Crippen molar-refractivity contribution in [1.82, 2.24) is 0 Å². The van der Waals surface area contributed by atoms with Crippen LogP contribution in [0.1, 0.15) is 39.5 Å². The van der Waals surface area contributed by atoms with E-state index >= 15 is 0 Å². The van der Waals surface area contributed by atoms with Crippen LogP contribution in [-0.2, 0) is 0 Å². The quantitative estimate of drug-likeness (QED) is 0.580. The fourth-order valence-electron chi connectivity index (χ4n) is 2.39. The fraction of sp³-hybridized carbons (Fsp3) is 0.600. The van der Waals surface area contributed by atoms with E-state index in [1.807, 2.05) is 6.07 Å². The molecular formula is C15H23N3O2. The minimum atomic E-state index is -0.308. The van der Waals surface area contributed by atoms with Gasteiger partial charge in [-0.2, -0.15) is 0 Å². The normalized spacial score (nSPS) is 14.1. The number of hydrogen-bond donors (Lipinski definition) is 1. The van der Waals surface area contributed by atoms with Gasteiger partial charge in [-0.05, 0) is 31.7 Å². The number of nitro groups is 1. The molecule has 5 heteroatoms. The molecule has 110 valence electrons. The SMILES string of the molecule is CCCNc1cc(N(CCC)C2CC2)cc([N+](=O)[O-])c1. The van der Waals surface area contributed by atoms with Crippen LogP contribution in [0.2, 0.25) is 0 Å². The first-order chi connectivity index (χ1) is 9.65. The summed E-state index contributed by atoms with van der Waals surface area (Å²) in [4.78, 5) is 13.1. The number of anilines is 2. The first-order valence-electron chi connectivity index (χ1n) is 7.45. The summed E-state index contributed by atoms with van der Waals surface area (Å²) in [6.45, 7) is 6.01. The third kappa shape index (κ3) is 3.62. The first-order valence-corrected chi connectivity index (χ1v) is 7.45. The Hall–Kier alpha value is -1.78. The molecule has 0 aliphatic heterocycles. The second kappa shape index (κ2) is 6.59. The molecule has 0 amide bonds. The predicted octanol–water partition coefficient (Wildman–Crippen LogP) is 3.80. The number of non-ortho nitro benzene ring substituents is 1. The summed E-state index contributed by atoms with van der Waals surface area (Å²) in [5.74, 6) is 0. The molecule has 0 heterocycles. The van der Waals surface area contributed by atoms with Crippen LogP contribution >= 0.6 is 0 Å². The molecule has 1 fully saturated rings. The third-order valence-electron chi connectivity index (χ3n) is 3.48. The van der Waals surface area contributed by atoms with Crippen molar-refractivity contribution >= 4 is 17.1 Å². The first kappa shape index (κ1) is 14.6. The van der Waals surface area contributed by atoms with Crippen LogP contribution in [-0.4, -0.2) is 24.1 Å². The average Bonchev–Trinajstić information content (AvgIpc) is 3.26. The lowest BCUT2D eigenvalue weighted by Crippen LogP contribution is -2.26. The van der Waals surface area contributed by atoms with Crippen LogP contribution in [0.4, 0.5) is 17.1 Å². The van der Waals surface area contributed by atoms with Crippen molar-refractivity contribution in [3.05, 3.63) is 28.3 Å². The summed E-state index contributed by atoms with van der Waals surface area (Å²) in [5, 5.41) is 14.4. The van der Waals surface area contributed by atoms with Gasteiger partial charge in [-0.15, -0.1) is 0 Å². The van der Waals surface area contributed by atoms with Crippen LogP contribution in [0.5, 0.6) is 0 Å². The van der Waals surface area contributed by atoms with Crippen molar-refractivity contribution in [2.24, 2.45) is 0 Å². The Morgan fingerprint density at radius 1 is 1.30 bits per heavy atom. The fourth-order valence-corrected chi connectivity index (χ4v) is 2.39. The molecule has 2 rings (SSSR count). The van der Waals surface area contributed by atoms with E-state index in [9.17, 15) is 10.1 Å². The zero-order valence-electron chi connectivity index (χ0n) is 12.3. The topological polar surface area (TPSA) is 58.4 Å². The smallest absolute Gasteiger partial charge is 0.273 e. The summed E-state index contributed by atoms with van der Waals surface area (Å²) in [6, 6.07) is 5.92. The summed E-state index contributed by atoms with van der Waals surface area (Å²) >= 11 is 0. The van der Waals surface area contributed by atoms with E-state index in [1.165, 1.54) is 12.8 Å². The van der Waals surface area contributed by atoms with Gasteiger partial charge in [0.05, 0.1) is 4.92 Å². The summed E-state index contributed by atoms with van der Waals surface area (Å²) < 4.78 is 0. The molecule has 0 radical (unpaired) electrons. The van der Waals surface area contributed by atoms with Gasteiger partial charge in [0.15, 0.2) is 0 Å². The highest BCUT2D eigenvalue weighted by molar-refractivity contribution is 5.65. The highest BCUT2D eigenvalue weighted by Crippen LogP contribution is 2.35. The maximum Gasteiger partial charge on any atom is 0.273 e. The number of nitrogens with zero attached hydrogens (tertiary/aromatic N) is 2. The van der Waals surface area contributed by atoms with Gasteiger partial charge in [0.1, 0.15) is 0 Å². The molecule has 0 bridgehead atoms. The number of rotatable bonds is 8. The van der Waals surface area contributed by atoms with Crippen molar-refractivity contribution < 1.29 is 4.92 Å². The monoisotopic (exact) mass is 277 g/mol. The standard InChI is InChI=1S/C15H23N3O2/c1-3-7-16-12-9-14(11-15(10-12)18(19)20)17(8-4-2)13-5-6-13/h9-11,13,16H,3-8H2,1-2H3. The Morgan fingerprint density at radius 3 is 2.60 bits per heavy atom. The lowest BCUT2D eigenvalue weighted by atomic mass is 10.2. The minimum absolute atomic E-state index is 0.169. The molecule has 1 aliphatic carbocycles. The molecule has 0 saturated heterocycles. The zero-order valence-corrected chi connectivity index (χ0v) is 12.3. The average molecular weight is 277 g/mol. The maximum absolute atomic E-state index is 11.1. The molecule has 1 aromatic rings. The van der Waals surface area contributed by atoms with Gasteiger partial charge in [-0.25, -0.2) is 0 Å². The molecule has 0 atom stereocenters. The highest BCUT2D eigenvalue weighted by atomic mass is 16.6. The van der Waals surface area contributed by atoms with Crippen LogP contribution in [0.3, 0.4) is 0 Å². The van der Waals surface area contributed by atoms with Crippen LogP contribution in [0.15, 0.2) is 18.2 Å². The van der Waals surface area contributed by atoms with E-state index in [-0.39, 0.29) is 10.6 Å². The number of benzene rings is 1. The minimum Gasteiger partial charge on any atom is -0.385 e.